The molecule has 0 N–H and O–H groups in total. The minimum absolute atomic E-state index is 0.0206. The SMILES string of the molecule is CCCCCCCCn1c(=O)c(-c2cccs2)cc2c1cc(-c1cccs1)c(=O)n2CCCCCCCC.CCCCCCCCn1c(=O)c(Br)cc2c1cc(Br)c(=O)n2CCCCCCCC.Cc1cccs1. The first-order valence-corrected chi connectivity index (χ1v) is 32.3. The normalized spacial score (nSPS) is 11.3. The van der Waals surface area contributed by atoms with E-state index < -0.39 is 0 Å². The van der Waals surface area contributed by atoms with Gasteiger partial charge in [0.15, 0.2) is 0 Å². The van der Waals surface area contributed by atoms with Crippen LogP contribution in [0.15, 0.2) is 105 Å². The Morgan fingerprint density at radius 1 is 0.365 bits per heavy atom. The third kappa shape index (κ3) is 18.5. The molecule has 0 fully saturated rings. The van der Waals surface area contributed by atoms with Gasteiger partial charge in [0.25, 0.3) is 22.2 Å². The van der Waals surface area contributed by atoms with E-state index >= 15 is 0 Å². The summed E-state index contributed by atoms with van der Waals surface area (Å²) in [5, 5.41) is 6.11. The molecule has 0 bridgehead atoms. The Bertz CT molecular complexity index is 2750. The molecule has 0 aromatic carbocycles. The summed E-state index contributed by atoms with van der Waals surface area (Å²) in [4.78, 5) is 56.8. The third-order valence-corrected chi connectivity index (χ3v) is 17.5. The van der Waals surface area contributed by atoms with Gasteiger partial charge in [0, 0.05) is 40.8 Å². The van der Waals surface area contributed by atoms with Gasteiger partial charge in [-0.05, 0) is 123 Å². The molecule has 0 aliphatic carbocycles. The Morgan fingerprint density at radius 2 is 0.649 bits per heavy atom. The lowest BCUT2D eigenvalue weighted by atomic mass is 10.1. The molecule has 0 saturated heterocycles. The van der Waals surface area contributed by atoms with Gasteiger partial charge in [0.1, 0.15) is 0 Å². The maximum atomic E-state index is 13.9. The summed E-state index contributed by atoms with van der Waals surface area (Å²) < 4.78 is 8.64. The standard InChI is InChI=1S/C32H42N2O2S2.C24H36Br2N2O2.C5H6S/c1-3-5-7-9-11-13-19-33-27-23-26(30-18-16-22-38-30)32(36)34(20-14-12-10-8-6-4-2)28(27)24-25(31(33)35)29-17-15-21-37-29;1-3-5-7-9-11-13-15-27-21-17-20(26)24(30)28(16-14-12-10-8-6-4-2)22(21)18-19(25)23(27)29;1-5-3-2-4-6-5/h15-18,21-24H,3-14,19-20H2,1-2H3;17-18H,3-16H2,1-2H3;2-4H,1H3. The van der Waals surface area contributed by atoms with Crippen LogP contribution in [-0.4, -0.2) is 18.3 Å². The largest absolute Gasteiger partial charge is 0.306 e. The highest BCUT2D eigenvalue weighted by Gasteiger charge is 2.19. The van der Waals surface area contributed by atoms with Gasteiger partial charge >= 0.3 is 0 Å². The lowest BCUT2D eigenvalue weighted by molar-refractivity contribution is 0.549. The summed E-state index contributed by atoms with van der Waals surface area (Å²) in [7, 11) is 0. The number of pyridine rings is 4. The van der Waals surface area contributed by atoms with E-state index in [2.05, 4.69) is 84.0 Å². The lowest BCUT2D eigenvalue weighted by Crippen LogP contribution is -2.28. The predicted octanol–water partition coefficient (Wildman–Crippen LogP) is 18.8. The van der Waals surface area contributed by atoms with Crippen molar-refractivity contribution in [1.29, 1.82) is 0 Å². The van der Waals surface area contributed by atoms with Crippen molar-refractivity contribution < 1.29 is 0 Å². The van der Waals surface area contributed by atoms with E-state index in [9.17, 15) is 19.2 Å². The number of nitrogens with zero attached hydrogens (tertiary/aromatic N) is 4. The summed E-state index contributed by atoms with van der Waals surface area (Å²) in [5.41, 5.74) is 4.93. The van der Waals surface area contributed by atoms with E-state index in [0.29, 0.717) is 46.3 Å². The number of hydrogen-bond donors (Lipinski definition) is 0. The van der Waals surface area contributed by atoms with Gasteiger partial charge in [0.2, 0.25) is 0 Å². The van der Waals surface area contributed by atoms with Crippen molar-refractivity contribution in [3.63, 3.8) is 0 Å². The van der Waals surface area contributed by atoms with Gasteiger partial charge < -0.3 is 18.3 Å². The zero-order chi connectivity index (χ0) is 53.1. The van der Waals surface area contributed by atoms with Crippen LogP contribution in [-0.2, 0) is 26.2 Å². The van der Waals surface area contributed by atoms with Crippen LogP contribution in [0.4, 0.5) is 0 Å². The Kier molecular flexibility index (Phi) is 28.3. The molecule has 0 saturated carbocycles. The zero-order valence-electron chi connectivity index (χ0n) is 45.2. The number of aryl methyl sites for hydroxylation is 5. The van der Waals surface area contributed by atoms with Crippen molar-refractivity contribution >= 4 is 87.9 Å². The van der Waals surface area contributed by atoms with Crippen LogP contribution in [0, 0.1) is 6.92 Å². The first-order chi connectivity index (χ1) is 36.1. The molecule has 0 aliphatic rings. The van der Waals surface area contributed by atoms with Crippen LogP contribution in [0.25, 0.3) is 42.9 Å². The number of rotatable bonds is 30. The molecule has 0 amide bonds. The van der Waals surface area contributed by atoms with Gasteiger partial charge in [-0.25, -0.2) is 0 Å². The molecule has 404 valence electrons. The van der Waals surface area contributed by atoms with Crippen molar-refractivity contribution in [3.8, 4) is 20.9 Å². The molecule has 0 radical (unpaired) electrons. The third-order valence-electron chi connectivity index (χ3n) is 13.8. The maximum Gasteiger partial charge on any atom is 0.265 e. The molecular formula is C61H84Br2N4O4S3. The smallest absolute Gasteiger partial charge is 0.265 e. The van der Waals surface area contributed by atoms with Crippen molar-refractivity contribution in [1.82, 2.24) is 18.3 Å². The fourth-order valence-corrected chi connectivity index (χ4v) is 12.4. The highest BCUT2D eigenvalue weighted by molar-refractivity contribution is 9.10. The van der Waals surface area contributed by atoms with E-state index in [1.165, 1.54) is 108 Å². The number of aromatic nitrogens is 4. The highest BCUT2D eigenvalue weighted by Crippen LogP contribution is 2.30. The minimum Gasteiger partial charge on any atom is -0.306 e. The van der Waals surface area contributed by atoms with Crippen LogP contribution < -0.4 is 22.2 Å². The number of halogens is 2. The molecule has 0 aliphatic heterocycles. The fraction of sp³-hybridized carbons (Fsp3) is 0.541. The molecule has 13 heteroatoms. The van der Waals surface area contributed by atoms with E-state index in [4.69, 9.17) is 0 Å². The van der Waals surface area contributed by atoms with Crippen molar-refractivity contribution in [3.05, 3.63) is 132 Å². The predicted molar refractivity (Wildman–Crippen MR) is 330 cm³/mol. The van der Waals surface area contributed by atoms with Crippen molar-refractivity contribution in [2.24, 2.45) is 0 Å². The second-order valence-electron chi connectivity index (χ2n) is 19.7. The van der Waals surface area contributed by atoms with Gasteiger partial charge in [0.05, 0.1) is 42.1 Å². The van der Waals surface area contributed by atoms with E-state index in [-0.39, 0.29) is 22.2 Å². The van der Waals surface area contributed by atoms with Crippen LogP contribution in [0.1, 0.15) is 187 Å². The molecular weight excluding hydrogens is 1110 g/mol. The molecule has 7 aromatic heterocycles. The van der Waals surface area contributed by atoms with Crippen molar-refractivity contribution in [2.75, 3.05) is 0 Å². The molecule has 7 aromatic rings. The fourth-order valence-electron chi connectivity index (χ4n) is 9.57. The Hall–Kier alpha value is -3.62. The summed E-state index contributed by atoms with van der Waals surface area (Å²) in [6.45, 7) is 13.7. The van der Waals surface area contributed by atoms with Crippen LogP contribution >= 0.6 is 65.9 Å². The van der Waals surface area contributed by atoms with Gasteiger partial charge in [-0.1, -0.05) is 174 Å². The average Bonchev–Trinajstić information content (AvgIpc) is 4.24. The molecule has 7 heterocycles. The number of unbranched alkanes of at least 4 members (excludes halogenated alkanes) is 20. The van der Waals surface area contributed by atoms with Crippen LogP contribution in [0.2, 0.25) is 0 Å². The Labute approximate surface area is 470 Å². The number of hydrogen-bond acceptors (Lipinski definition) is 7. The monoisotopic (exact) mass is 1190 g/mol. The molecule has 8 nitrogen and oxygen atoms in total. The molecule has 0 spiro atoms. The summed E-state index contributed by atoms with van der Waals surface area (Å²) in [6.07, 6.45) is 28.2. The van der Waals surface area contributed by atoms with E-state index in [0.717, 1.165) is 83.2 Å². The summed E-state index contributed by atoms with van der Waals surface area (Å²) in [6, 6.07) is 19.8. The van der Waals surface area contributed by atoms with Gasteiger partial charge in [-0.2, -0.15) is 0 Å². The highest BCUT2D eigenvalue weighted by atomic mass is 79.9. The summed E-state index contributed by atoms with van der Waals surface area (Å²) in [5.74, 6) is 0. The molecule has 74 heavy (non-hydrogen) atoms. The van der Waals surface area contributed by atoms with Crippen molar-refractivity contribution in [2.45, 2.75) is 215 Å². The molecule has 0 unspecified atom stereocenters. The van der Waals surface area contributed by atoms with Gasteiger partial charge in [-0.15, -0.1) is 34.0 Å². The first-order valence-electron chi connectivity index (χ1n) is 28.1. The molecule has 0 atom stereocenters. The quantitative estimate of drug-likeness (QED) is 0.0420. The minimum atomic E-state index is -0.0206. The number of fused-ring (bicyclic) bond motifs is 2. The van der Waals surface area contributed by atoms with E-state index in [1.807, 2.05) is 77.6 Å². The Morgan fingerprint density at radius 3 is 0.919 bits per heavy atom. The van der Waals surface area contributed by atoms with E-state index in [1.54, 1.807) is 34.0 Å². The maximum absolute atomic E-state index is 13.9. The lowest BCUT2D eigenvalue weighted by Gasteiger charge is -2.18. The van der Waals surface area contributed by atoms with Crippen LogP contribution in [0.3, 0.4) is 0 Å². The average molecular weight is 1190 g/mol. The first kappa shape index (κ1) is 61.2. The number of thiophene rings is 3. The Balaban J connectivity index is 0.000000251. The second kappa shape index (κ2) is 34.2. The summed E-state index contributed by atoms with van der Waals surface area (Å²) >= 11 is 11.8. The van der Waals surface area contributed by atoms with Crippen LogP contribution in [0.5, 0.6) is 0 Å². The van der Waals surface area contributed by atoms with Gasteiger partial charge in [-0.3, -0.25) is 19.2 Å². The second-order valence-corrected chi connectivity index (χ2v) is 24.5. The zero-order valence-corrected chi connectivity index (χ0v) is 50.8. The molecule has 7 rings (SSSR count). The topological polar surface area (TPSA) is 88.0 Å².